The number of ether oxygens (including phenoxy) is 1. The van der Waals surface area contributed by atoms with Crippen LogP contribution < -0.4 is 5.32 Å². The van der Waals surface area contributed by atoms with Crippen molar-refractivity contribution in [3.63, 3.8) is 0 Å². The molecule has 4 heteroatoms. The topological polar surface area (TPSA) is 41.5 Å². The fourth-order valence-electron chi connectivity index (χ4n) is 1.60. The van der Waals surface area contributed by atoms with Crippen molar-refractivity contribution in [2.24, 2.45) is 0 Å². The molecule has 0 amide bonds. The first-order valence-corrected chi connectivity index (χ1v) is 6.60. The van der Waals surface area contributed by atoms with Crippen molar-refractivity contribution in [1.82, 2.24) is 0 Å². The first kappa shape index (κ1) is 14.5. The van der Waals surface area contributed by atoms with Crippen LogP contribution >= 0.6 is 15.9 Å². The normalized spacial score (nSPS) is 12.5. The van der Waals surface area contributed by atoms with Gasteiger partial charge < -0.3 is 15.2 Å². The molecule has 0 fully saturated rings. The predicted octanol–water partition coefficient (Wildman–Crippen LogP) is 2.88. The van der Waals surface area contributed by atoms with Gasteiger partial charge in [0.05, 0.1) is 12.7 Å². The lowest BCUT2D eigenvalue weighted by atomic mass is 10.1. The highest BCUT2D eigenvalue weighted by atomic mass is 79.9. The van der Waals surface area contributed by atoms with Gasteiger partial charge in [0, 0.05) is 23.3 Å². The molecule has 0 saturated carbocycles. The van der Waals surface area contributed by atoms with E-state index in [1.54, 1.807) is 0 Å². The van der Waals surface area contributed by atoms with Gasteiger partial charge in [-0.3, -0.25) is 0 Å². The van der Waals surface area contributed by atoms with Crippen LogP contribution in [0.2, 0.25) is 0 Å². The van der Waals surface area contributed by atoms with E-state index in [1.165, 1.54) is 11.1 Å². The van der Waals surface area contributed by atoms with Crippen LogP contribution in [0.3, 0.4) is 0 Å². The molecule has 0 aliphatic heterocycles. The summed E-state index contributed by atoms with van der Waals surface area (Å²) in [5, 5.41) is 12.8. The number of aliphatic hydroxyl groups is 1. The van der Waals surface area contributed by atoms with Gasteiger partial charge in [0.25, 0.3) is 0 Å². The van der Waals surface area contributed by atoms with E-state index < -0.39 is 6.10 Å². The fraction of sp³-hybridized carbons (Fsp3) is 0.538. The van der Waals surface area contributed by atoms with Gasteiger partial charge in [0.2, 0.25) is 0 Å². The molecule has 0 bridgehead atoms. The number of benzene rings is 1. The quantitative estimate of drug-likeness (QED) is 0.849. The Morgan fingerprint density at radius 2 is 1.94 bits per heavy atom. The molecule has 96 valence electrons. The molecule has 3 nitrogen and oxygen atoms in total. The van der Waals surface area contributed by atoms with Crippen molar-refractivity contribution in [3.8, 4) is 0 Å². The fourth-order valence-corrected chi connectivity index (χ4v) is 1.83. The minimum absolute atomic E-state index is 0.373. The van der Waals surface area contributed by atoms with Crippen LogP contribution in [0, 0.1) is 13.8 Å². The second kappa shape index (κ2) is 6.99. The summed E-state index contributed by atoms with van der Waals surface area (Å²) in [6, 6.07) is 4.12. The van der Waals surface area contributed by atoms with Crippen LogP contribution in [0.15, 0.2) is 16.6 Å². The highest BCUT2D eigenvalue weighted by Gasteiger charge is 2.05. The van der Waals surface area contributed by atoms with E-state index in [-0.39, 0.29) is 0 Å². The summed E-state index contributed by atoms with van der Waals surface area (Å²) < 4.78 is 6.29. The van der Waals surface area contributed by atoms with Crippen molar-refractivity contribution in [2.45, 2.75) is 26.9 Å². The van der Waals surface area contributed by atoms with Crippen molar-refractivity contribution in [1.29, 1.82) is 0 Å². The van der Waals surface area contributed by atoms with Crippen LogP contribution in [0.25, 0.3) is 0 Å². The maximum atomic E-state index is 9.64. The SMILES string of the molecule is CCOCC(O)CNc1cc(C)c(Br)c(C)c1. The zero-order valence-corrected chi connectivity index (χ0v) is 12.2. The summed E-state index contributed by atoms with van der Waals surface area (Å²) in [5.41, 5.74) is 3.40. The lowest BCUT2D eigenvalue weighted by Crippen LogP contribution is -2.24. The molecule has 1 unspecified atom stereocenters. The van der Waals surface area contributed by atoms with E-state index in [9.17, 15) is 5.11 Å². The Balaban J connectivity index is 2.52. The molecule has 1 aromatic rings. The largest absolute Gasteiger partial charge is 0.389 e. The lowest BCUT2D eigenvalue weighted by Gasteiger charge is -2.14. The summed E-state index contributed by atoms with van der Waals surface area (Å²) in [6.45, 7) is 7.53. The van der Waals surface area contributed by atoms with Gasteiger partial charge >= 0.3 is 0 Å². The summed E-state index contributed by atoms with van der Waals surface area (Å²) in [5.74, 6) is 0. The molecular weight excluding hydrogens is 282 g/mol. The zero-order chi connectivity index (χ0) is 12.8. The first-order valence-electron chi connectivity index (χ1n) is 5.81. The van der Waals surface area contributed by atoms with E-state index in [4.69, 9.17) is 4.74 Å². The molecule has 0 aliphatic rings. The lowest BCUT2D eigenvalue weighted by molar-refractivity contribution is 0.0496. The van der Waals surface area contributed by atoms with Crippen LogP contribution in [0.1, 0.15) is 18.1 Å². The van der Waals surface area contributed by atoms with Crippen molar-refractivity contribution < 1.29 is 9.84 Å². The van der Waals surface area contributed by atoms with Crippen molar-refractivity contribution in [3.05, 3.63) is 27.7 Å². The maximum absolute atomic E-state index is 9.64. The summed E-state index contributed by atoms with van der Waals surface area (Å²) in [4.78, 5) is 0. The van der Waals surface area contributed by atoms with Crippen LogP contribution in [-0.2, 0) is 4.74 Å². The number of anilines is 1. The number of hydrogen-bond acceptors (Lipinski definition) is 3. The van der Waals surface area contributed by atoms with Gasteiger partial charge in [0.1, 0.15) is 0 Å². The number of aliphatic hydroxyl groups excluding tert-OH is 1. The number of hydrogen-bond donors (Lipinski definition) is 2. The zero-order valence-electron chi connectivity index (χ0n) is 10.6. The molecule has 1 atom stereocenters. The Morgan fingerprint density at radius 3 is 2.47 bits per heavy atom. The Hall–Kier alpha value is -0.580. The third-order valence-corrected chi connectivity index (χ3v) is 3.74. The van der Waals surface area contributed by atoms with E-state index >= 15 is 0 Å². The third-order valence-electron chi connectivity index (χ3n) is 2.49. The molecule has 2 N–H and O–H groups in total. The Labute approximate surface area is 111 Å². The molecule has 0 saturated heterocycles. The number of halogens is 1. The smallest absolute Gasteiger partial charge is 0.0945 e. The van der Waals surface area contributed by atoms with Gasteiger partial charge in [-0.15, -0.1) is 0 Å². The minimum Gasteiger partial charge on any atom is -0.389 e. The molecule has 1 aromatic carbocycles. The number of nitrogens with one attached hydrogen (secondary N) is 1. The monoisotopic (exact) mass is 301 g/mol. The van der Waals surface area contributed by atoms with Gasteiger partial charge in [-0.05, 0) is 44.0 Å². The van der Waals surface area contributed by atoms with E-state index in [1.807, 2.05) is 6.92 Å². The Kier molecular flexibility index (Phi) is 5.95. The molecule has 0 aromatic heterocycles. The predicted molar refractivity (Wildman–Crippen MR) is 74.6 cm³/mol. The highest BCUT2D eigenvalue weighted by molar-refractivity contribution is 9.10. The van der Waals surface area contributed by atoms with E-state index in [0.717, 1.165) is 10.2 Å². The Morgan fingerprint density at radius 1 is 1.35 bits per heavy atom. The molecule has 0 spiro atoms. The molecular formula is C13H20BrNO2. The number of aryl methyl sites for hydroxylation is 2. The standard InChI is InChI=1S/C13H20BrNO2/c1-4-17-8-12(16)7-15-11-5-9(2)13(14)10(3)6-11/h5-6,12,15-16H,4,7-8H2,1-3H3. The van der Waals surface area contributed by atoms with E-state index in [2.05, 4.69) is 47.2 Å². The molecule has 0 heterocycles. The molecule has 0 radical (unpaired) electrons. The summed E-state index contributed by atoms with van der Waals surface area (Å²) >= 11 is 3.53. The maximum Gasteiger partial charge on any atom is 0.0945 e. The number of rotatable bonds is 6. The summed E-state index contributed by atoms with van der Waals surface area (Å²) in [6.07, 6.45) is -0.473. The first-order chi connectivity index (χ1) is 8.04. The van der Waals surface area contributed by atoms with Gasteiger partial charge in [0.15, 0.2) is 0 Å². The van der Waals surface area contributed by atoms with Crippen LogP contribution in [-0.4, -0.2) is 31.0 Å². The third kappa shape index (κ3) is 4.66. The summed E-state index contributed by atoms with van der Waals surface area (Å²) in [7, 11) is 0. The van der Waals surface area contributed by atoms with Gasteiger partial charge in [-0.2, -0.15) is 0 Å². The van der Waals surface area contributed by atoms with Crippen molar-refractivity contribution >= 4 is 21.6 Å². The van der Waals surface area contributed by atoms with E-state index in [0.29, 0.717) is 19.8 Å². The minimum atomic E-state index is -0.473. The van der Waals surface area contributed by atoms with Crippen LogP contribution in [0.4, 0.5) is 5.69 Å². The average molecular weight is 302 g/mol. The molecule has 0 aliphatic carbocycles. The molecule has 17 heavy (non-hydrogen) atoms. The molecule has 1 rings (SSSR count). The second-order valence-corrected chi connectivity index (χ2v) is 4.91. The van der Waals surface area contributed by atoms with Crippen molar-refractivity contribution in [2.75, 3.05) is 25.1 Å². The van der Waals surface area contributed by atoms with Crippen LogP contribution in [0.5, 0.6) is 0 Å². The average Bonchev–Trinajstić information content (AvgIpc) is 2.30. The van der Waals surface area contributed by atoms with Gasteiger partial charge in [-0.1, -0.05) is 15.9 Å². The second-order valence-electron chi connectivity index (χ2n) is 4.12. The highest BCUT2D eigenvalue weighted by Crippen LogP contribution is 2.24. The van der Waals surface area contributed by atoms with Gasteiger partial charge in [-0.25, -0.2) is 0 Å². The Bertz CT molecular complexity index is 345.